The van der Waals surface area contributed by atoms with E-state index in [-0.39, 0.29) is 19.4 Å². The molecule has 9 heteroatoms. The van der Waals surface area contributed by atoms with Crippen LogP contribution in [0.25, 0.3) is 0 Å². The number of hydrogen-bond acceptors (Lipinski definition) is 6. The number of carbonyl (C=O) groups is 2. The van der Waals surface area contributed by atoms with Gasteiger partial charge in [-0.05, 0) is 51.4 Å². The van der Waals surface area contributed by atoms with Gasteiger partial charge in [0.1, 0.15) is 6.61 Å². The van der Waals surface area contributed by atoms with Crippen molar-refractivity contribution >= 4 is 19.8 Å². The fourth-order valence-electron chi connectivity index (χ4n) is 6.68. The van der Waals surface area contributed by atoms with Gasteiger partial charge in [0, 0.05) is 12.8 Å². The fourth-order valence-corrected chi connectivity index (χ4v) is 7.04. The molecule has 0 rings (SSSR count). The summed E-state index contributed by atoms with van der Waals surface area (Å²) in [6.45, 7) is 3.67. The molecule has 0 fully saturated rings. The van der Waals surface area contributed by atoms with Crippen molar-refractivity contribution in [1.29, 1.82) is 0 Å². The smallest absolute Gasteiger partial charge is 0.462 e. The maximum atomic E-state index is 12.4. The summed E-state index contributed by atoms with van der Waals surface area (Å²) < 4.78 is 26.4. The summed E-state index contributed by atoms with van der Waals surface area (Å²) in [5.41, 5.74) is 0. The molecule has 0 aliphatic heterocycles. The normalized spacial score (nSPS) is 12.7. The molecule has 0 aliphatic carbocycles. The van der Waals surface area contributed by atoms with Crippen LogP contribution in [0.15, 0.2) is 36.5 Å². The zero-order chi connectivity index (χ0) is 41.1. The molecular weight excluding hydrogens is 723 g/mol. The van der Waals surface area contributed by atoms with Crippen LogP contribution in [0.1, 0.15) is 232 Å². The van der Waals surface area contributed by atoms with E-state index in [9.17, 15) is 14.2 Å². The molecule has 0 aromatic carbocycles. The lowest BCUT2D eigenvalue weighted by Gasteiger charge is -2.18. The highest BCUT2D eigenvalue weighted by atomic mass is 31.2. The number of hydrogen-bond donors (Lipinski definition) is 2. The molecule has 0 unspecified atom stereocenters. The molecule has 0 spiro atoms. The lowest BCUT2D eigenvalue weighted by molar-refractivity contribution is -0.161. The number of unbranched alkanes of at least 4 members (excludes halogenated alkanes) is 27. The molecule has 0 radical (unpaired) electrons. The Labute approximate surface area is 344 Å². The Morgan fingerprint density at radius 2 is 0.804 bits per heavy atom. The van der Waals surface area contributed by atoms with Crippen molar-refractivity contribution in [3.05, 3.63) is 36.5 Å². The first-order valence-corrected chi connectivity index (χ1v) is 24.8. The summed E-state index contributed by atoms with van der Waals surface area (Å²) in [5.74, 6) is -0.900. The standard InChI is InChI=1S/C47H87O8P/c1-3-5-7-9-11-13-15-17-19-21-22-23-24-26-27-29-31-33-35-37-39-41-46(48)53-43-45(44-54-56(50,51)52)55-47(49)42-40-38-36-34-32-30-28-25-20-18-16-14-12-10-8-6-4-2/h12,14,18,20,28,30,45H,3-11,13,15-17,19,21-27,29,31-44H2,1-2H3,(H2,50,51,52)/b14-12+,20-18+,30-28+/t45-/m1/s1. The van der Waals surface area contributed by atoms with Gasteiger partial charge in [-0.3, -0.25) is 14.1 Å². The van der Waals surface area contributed by atoms with Gasteiger partial charge in [-0.15, -0.1) is 0 Å². The molecule has 0 aromatic heterocycles. The Kier molecular flexibility index (Phi) is 41.5. The summed E-state index contributed by atoms with van der Waals surface area (Å²) in [7, 11) is -4.76. The van der Waals surface area contributed by atoms with Crippen molar-refractivity contribution in [2.24, 2.45) is 0 Å². The minimum absolute atomic E-state index is 0.188. The van der Waals surface area contributed by atoms with E-state index in [0.717, 1.165) is 57.8 Å². The lowest BCUT2D eigenvalue weighted by atomic mass is 10.0. The van der Waals surface area contributed by atoms with Gasteiger partial charge in [0.25, 0.3) is 0 Å². The van der Waals surface area contributed by atoms with Gasteiger partial charge in [-0.25, -0.2) is 4.57 Å². The molecule has 0 saturated heterocycles. The first kappa shape index (κ1) is 54.3. The average molecular weight is 811 g/mol. The summed E-state index contributed by atoms with van der Waals surface area (Å²) >= 11 is 0. The summed E-state index contributed by atoms with van der Waals surface area (Å²) in [6, 6.07) is 0. The van der Waals surface area contributed by atoms with Crippen molar-refractivity contribution in [2.45, 2.75) is 238 Å². The number of ether oxygens (including phenoxy) is 2. The Morgan fingerprint density at radius 1 is 0.464 bits per heavy atom. The van der Waals surface area contributed by atoms with Crippen LogP contribution in [0.4, 0.5) is 0 Å². The number of rotatable bonds is 43. The van der Waals surface area contributed by atoms with Crippen LogP contribution in [0, 0.1) is 0 Å². The van der Waals surface area contributed by atoms with E-state index in [0.29, 0.717) is 6.42 Å². The highest BCUT2D eigenvalue weighted by molar-refractivity contribution is 7.46. The molecule has 0 saturated carbocycles. The quantitative estimate of drug-likeness (QED) is 0.0270. The van der Waals surface area contributed by atoms with Gasteiger partial charge in [0.15, 0.2) is 6.10 Å². The minimum Gasteiger partial charge on any atom is -0.462 e. The molecule has 0 amide bonds. The number of phosphoric acid groups is 1. The van der Waals surface area contributed by atoms with Crippen molar-refractivity contribution in [3.63, 3.8) is 0 Å². The molecule has 1 atom stereocenters. The maximum Gasteiger partial charge on any atom is 0.469 e. The first-order chi connectivity index (χ1) is 27.3. The number of allylic oxidation sites excluding steroid dienone is 6. The van der Waals surface area contributed by atoms with Crippen LogP contribution in [-0.4, -0.2) is 41.0 Å². The molecule has 328 valence electrons. The zero-order valence-corrected chi connectivity index (χ0v) is 37.2. The summed E-state index contributed by atoms with van der Waals surface area (Å²) in [4.78, 5) is 43.0. The van der Waals surface area contributed by atoms with Crippen LogP contribution in [0.2, 0.25) is 0 Å². The number of carbonyl (C=O) groups excluding carboxylic acids is 2. The second-order valence-corrected chi connectivity index (χ2v) is 17.0. The van der Waals surface area contributed by atoms with Crippen molar-refractivity contribution in [2.75, 3.05) is 13.2 Å². The third-order valence-electron chi connectivity index (χ3n) is 10.2. The van der Waals surface area contributed by atoms with Gasteiger partial charge in [-0.2, -0.15) is 0 Å². The van der Waals surface area contributed by atoms with E-state index >= 15 is 0 Å². The maximum absolute atomic E-state index is 12.4. The topological polar surface area (TPSA) is 119 Å². The molecule has 0 bridgehead atoms. The fraction of sp³-hybridized carbons (Fsp3) is 0.830. The van der Waals surface area contributed by atoms with E-state index < -0.39 is 32.5 Å². The SMILES string of the molecule is CCCCC/C=C/C/C=C/C/C=C/CCCCCCC(=O)O[C@H](COC(=O)CCCCCCCCCCCCCCCCCCCCCCC)COP(=O)(O)O. The van der Waals surface area contributed by atoms with E-state index in [1.54, 1.807) is 0 Å². The average Bonchev–Trinajstić information content (AvgIpc) is 3.17. The van der Waals surface area contributed by atoms with E-state index in [4.69, 9.17) is 19.3 Å². The Balaban J connectivity index is 3.86. The van der Waals surface area contributed by atoms with Gasteiger partial charge < -0.3 is 19.3 Å². The van der Waals surface area contributed by atoms with Crippen LogP contribution >= 0.6 is 7.82 Å². The van der Waals surface area contributed by atoms with E-state index in [2.05, 4.69) is 54.8 Å². The molecule has 8 nitrogen and oxygen atoms in total. The van der Waals surface area contributed by atoms with Gasteiger partial charge in [0.05, 0.1) is 6.61 Å². The van der Waals surface area contributed by atoms with Crippen LogP contribution in [0.3, 0.4) is 0 Å². The van der Waals surface area contributed by atoms with Gasteiger partial charge in [0.2, 0.25) is 0 Å². The third kappa shape index (κ3) is 45.0. The highest BCUT2D eigenvalue weighted by Crippen LogP contribution is 2.36. The first-order valence-electron chi connectivity index (χ1n) is 23.3. The highest BCUT2D eigenvalue weighted by Gasteiger charge is 2.23. The van der Waals surface area contributed by atoms with E-state index in [1.165, 1.54) is 141 Å². The molecule has 0 aromatic rings. The zero-order valence-electron chi connectivity index (χ0n) is 36.3. The Bertz CT molecular complexity index is 1000. The second-order valence-electron chi connectivity index (χ2n) is 15.7. The van der Waals surface area contributed by atoms with E-state index in [1.807, 2.05) is 0 Å². The number of esters is 2. The molecule has 2 N–H and O–H groups in total. The lowest BCUT2D eigenvalue weighted by Crippen LogP contribution is -2.29. The number of phosphoric ester groups is 1. The van der Waals surface area contributed by atoms with Crippen molar-refractivity contribution in [1.82, 2.24) is 0 Å². The van der Waals surface area contributed by atoms with Crippen molar-refractivity contribution in [3.8, 4) is 0 Å². The minimum atomic E-state index is -4.76. The monoisotopic (exact) mass is 811 g/mol. The van der Waals surface area contributed by atoms with Crippen LogP contribution in [-0.2, 0) is 28.2 Å². The second kappa shape index (κ2) is 42.9. The summed E-state index contributed by atoms with van der Waals surface area (Å²) in [6.07, 6.45) is 51.6. The van der Waals surface area contributed by atoms with Crippen LogP contribution in [0.5, 0.6) is 0 Å². The molecule has 0 heterocycles. The Morgan fingerprint density at radius 3 is 1.23 bits per heavy atom. The Hall–Kier alpha value is -1.73. The molecular formula is C47H87O8P. The molecule has 56 heavy (non-hydrogen) atoms. The third-order valence-corrected chi connectivity index (χ3v) is 10.6. The summed E-state index contributed by atoms with van der Waals surface area (Å²) in [5, 5.41) is 0. The largest absolute Gasteiger partial charge is 0.469 e. The molecule has 0 aliphatic rings. The van der Waals surface area contributed by atoms with Gasteiger partial charge in [-0.1, -0.05) is 204 Å². The van der Waals surface area contributed by atoms with Crippen LogP contribution < -0.4 is 0 Å². The predicted octanol–water partition coefficient (Wildman–Crippen LogP) is 14.5. The predicted molar refractivity (Wildman–Crippen MR) is 235 cm³/mol. The van der Waals surface area contributed by atoms with Gasteiger partial charge >= 0.3 is 19.8 Å². The van der Waals surface area contributed by atoms with Crippen molar-refractivity contribution < 1.29 is 37.9 Å².